The smallest absolute Gasteiger partial charge is 0.105 e. The second-order valence-electron chi connectivity index (χ2n) is 5.55. The molecule has 3 rings (SSSR count). The Bertz CT molecular complexity index is 580. The van der Waals surface area contributed by atoms with Gasteiger partial charge in [-0.05, 0) is 44.9 Å². The van der Waals surface area contributed by atoms with Gasteiger partial charge in [-0.2, -0.15) is 0 Å². The fraction of sp³-hybridized carbons (Fsp3) is 0.412. The minimum atomic E-state index is 0.344. The maximum Gasteiger partial charge on any atom is 0.105 e. The van der Waals surface area contributed by atoms with E-state index >= 15 is 0 Å². The van der Waals surface area contributed by atoms with Crippen LogP contribution >= 0.6 is 11.8 Å². The molecule has 2 atom stereocenters. The summed E-state index contributed by atoms with van der Waals surface area (Å²) >= 11 is 2.00. The summed E-state index contributed by atoms with van der Waals surface area (Å²) in [6, 6.07) is 11.2. The third-order valence-electron chi connectivity index (χ3n) is 3.91. The first-order chi connectivity index (χ1) is 9.63. The van der Waals surface area contributed by atoms with Gasteiger partial charge in [0.2, 0.25) is 0 Å². The second kappa shape index (κ2) is 5.66. The van der Waals surface area contributed by atoms with Crippen molar-refractivity contribution in [1.82, 2.24) is 5.32 Å². The number of rotatable bonds is 4. The zero-order valence-electron chi connectivity index (χ0n) is 12.3. The molecule has 2 nitrogen and oxygen atoms in total. The van der Waals surface area contributed by atoms with Crippen LogP contribution in [-0.2, 0) is 6.42 Å². The Balaban J connectivity index is 1.57. The first-order valence-corrected chi connectivity index (χ1v) is 8.06. The molecule has 20 heavy (non-hydrogen) atoms. The number of furan rings is 1. The van der Waals surface area contributed by atoms with Crippen molar-refractivity contribution in [1.29, 1.82) is 0 Å². The van der Waals surface area contributed by atoms with E-state index in [-0.39, 0.29) is 0 Å². The third kappa shape index (κ3) is 2.79. The van der Waals surface area contributed by atoms with E-state index in [4.69, 9.17) is 4.42 Å². The molecule has 3 heteroatoms. The molecule has 106 valence electrons. The standard InChI is InChI=1S/C17H21NOS/c1-11-8-16(13(3)19-11)12(2)18-10-15-9-14-6-4-5-7-17(14)20-15/h4-8,12,15,18H,9-10H2,1-3H3. The highest BCUT2D eigenvalue weighted by Crippen LogP contribution is 2.36. The van der Waals surface area contributed by atoms with Crippen molar-refractivity contribution < 1.29 is 4.42 Å². The molecule has 0 radical (unpaired) electrons. The van der Waals surface area contributed by atoms with Crippen molar-refractivity contribution >= 4 is 11.8 Å². The van der Waals surface area contributed by atoms with Gasteiger partial charge in [0.1, 0.15) is 11.5 Å². The zero-order valence-corrected chi connectivity index (χ0v) is 13.1. The predicted molar refractivity (Wildman–Crippen MR) is 84.4 cm³/mol. The SMILES string of the molecule is Cc1cc(C(C)NCC2Cc3ccccc3S2)c(C)o1. The molecular weight excluding hydrogens is 266 g/mol. The lowest BCUT2D eigenvalue weighted by molar-refractivity contribution is 0.489. The van der Waals surface area contributed by atoms with Crippen LogP contribution in [0.2, 0.25) is 0 Å². The highest BCUT2D eigenvalue weighted by molar-refractivity contribution is 8.00. The van der Waals surface area contributed by atoms with E-state index in [0.717, 1.165) is 18.1 Å². The Hall–Kier alpha value is -1.19. The summed E-state index contributed by atoms with van der Waals surface area (Å²) in [6.45, 7) is 7.29. The molecule has 1 aliphatic rings. The molecule has 0 aliphatic carbocycles. The summed E-state index contributed by atoms with van der Waals surface area (Å²) in [4.78, 5) is 1.45. The minimum Gasteiger partial charge on any atom is -0.466 e. The molecule has 0 spiro atoms. The van der Waals surface area contributed by atoms with Crippen LogP contribution in [0.15, 0.2) is 39.6 Å². The van der Waals surface area contributed by atoms with Gasteiger partial charge >= 0.3 is 0 Å². The first-order valence-electron chi connectivity index (χ1n) is 7.18. The molecule has 0 amide bonds. The lowest BCUT2D eigenvalue weighted by Gasteiger charge is -2.16. The number of aryl methyl sites for hydroxylation is 2. The lowest BCUT2D eigenvalue weighted by atomic mass is 10.1. The number of fused-ring (bicyclic) bond motifs is 1. The van der Waals surface area contributed by atoms with Crippen LogP contribution in [0.1, 0.15) is 35.6 Å². The molecule has 1 aromatic carbocycles. The first kappa shape index (κ1) is 13.8. The van der Waals surface area contributed by atoms with E-state index in [1.54, 1.807) is 0 Å². The second-order valence-corrected chi connectivity index (χ2v) is 6.89. The van der Waals surface area contributed by atoms with E-state index in [1.807, 2.05) is 25.6 Å². The molecule has 1 aromatic heterocycles. The zero-order chi connectivity index (χ0) is 14.1. The fourth-order valence-electron chi connectivity index (χ4n) is 2.87. The molecule has 2 unspecified atom stereocenters. The van der Waals surface area contributed by atoms with E-state index in [9.17, 15) is 0 Å². The number of benzene rings is 1. The summed E-state index contributed by atoms with van der Waals surface area (Å²) in [5.74, 6) is 2.03. The monoisotopic (exact) mass is 287 g/mol. The quantitative estimate of drug-likeness (QED) is 0.909. The number of hydrogen-bond donors (Lipinski definition) is 1. The summed E-state index contributed by atoms with van der Waals surface area (Å²) in [7, 11) is 0. The molecule has 0 fully saturated rings. The average Bonchev–Trinajstić information content (AvgIpc) is 2.98. The van der Waals surface area contributed by atoms with Gasteiger partial charge in [0.15, 0.2) is 0 Å². The molecule has 1 aliphatic heterocycles. The molecule has 1 N–H and O–H groups in total. The fourth-order valence-corrected chi connectivity index (χ4v) is 4.13. The van der Waals surface area contributed by atoms with Crippen molar-refractivity contribution in [3.8, 4) is 0 Å². The summed E-state index contributed by atoms with van der Waals surface area (Å²) in [5.41, 5.74) is 2.77. The van der Waals surface area contributed by atoms with E-state index in [2.05, 4.69) is 42.6 Å². The molecule has 0 saturated heterocycles. The van der Waals surface area contributed by atoms with Gasteiger partial charge < -0.3 is 9.73 Å². The van der Waals surface area contributed by atoms with Gasteiger partial charge in [-0.25, -0.2) is 0 Å². The Morgan fingerprint density at radius 2 is 2.15 bits per heavy atom. The van der Waals surface area contributed by atoms with Crippen molar-refractivity contribution in [2.45, 2.75) is 43.4 Å². The van der Waals surface area contributed by atoms with E-state index in [1.165, 1.54) is 22.4 Å². The molecule has 2 heterocycles. The molecular formula is C17H21NOS. The Kier molecular flexibility index (Phi) is 3.90. The molecule has 0 bridgehead atoms. The highest BCUT2D eigenvalue weighted by Gasteiger charge is 2.22. The number of hydrogen-bond acceptors (Lipinski definition) is 3. The van der Waals surface area contributed by atoms with Gasteiger partial charge in [0.05, 0.1) is 0 Å². The number of thioether (sulfide) groups is 1. The number of nitrogens with one attached hydrogen (secondary N) is 1. The van der Waals surface area contributed by atoms with Crippen LogP contribution in [-0.4, -0.2) is 11.8 Å². The van der Waals surface area contributed by atoms with Crippen LogP contribution in [0.25, 0.3) is 0 Å². The normalized spacial score (nSPS) is 19.1. The van der Waals surface area contributed by atoms with Crippen LogP contribution < -0.4 is 5.32 Å². The van der Waals surface area contributed by atoms with Gasteiger partial charge in [-0.1, -0.05) is 18.2 Å². The van der Waals surface area contributed by atoms with E-state index in [0.29, 0.717) is 11.3 Å². The van der Waals surface area contributed by atoms with Crippen molar-refractivity contribution in [3.05, 3.63) is 53.0 Å². The summed E-state index contributed by atoms with van der Waals surface area (Å²) in [5, 5.41) is 4.29. The van der Waals surface area contributed by atoms with Crippen LogP contribution in [0.4, 0.5) is 0 Å². The Labute approximate surface area is 125 Å². The van der Waals surface area contributed by atoms with Crippen LogP contribution in [0.5, 0.6) is 0 Å². The third-order valence-corrected chi connectivity index (χ3v) is 5.23. The van der Waals surface area contributed by atoms with E-state index < -0.39 is 0 Å². The predicted octanol–water partition coefficient (Wildman–Crippen LogP) is 4.26. The molecule has 2 aromatic rings. The van der Waals surface area contributed by atoms with Crippen molar-refractivity contribution in [2.75, 3.05) is 6.54 Å². The lowest BCUT2D eigenvalue weighted by Crippen LogP contribution is -2.27. The van der Waals surface area contributed by atoms with Gasteiger partial charge in [0, 0.05) is 28.3 Å². The summed E-state index contributed by atoms with van der Waals surface area (Å²) < 4.78 is 5.61. The topological polar surface area (TPSA) is 25.2 Å². The van der Waals surface area contributed by atoms with Gasteiger partial charge in [-0.3, -0.25) is 0 Å². The van der Waals surface area contributed by atoms with Gasteiger partial charge in [0.25, 0.3) is 0 Å². The highest BCUT2D eigenvalue weighted by atomic mass is 32.2. The van der Waals surface area contributed by atoms with Crippen LogP contribution in [0.3, 0.4) is 0 Å². The summed E-state index contributed by atoms with van der Waals surface area (Å²) in [6.07, 6.45) is 1.17. The minimum absolute atomic E-state index is 0.344. The molecule has 0 saturated carbocycles. The Morgan fingerprint density at radius 3 is 2.85 bits per heavy atom. The van der Waals surface area contributed by atoms with Gasteiger partial charge in [-0.15, -0.1) is 11.8 Å². The maximum atomic E-state index is 5.61. The van der Waals surface area contributed by atoms with Crippen molar-refractivity contribution in [3.63, 3.8) is 0 Å². The largest absolute Gasteiger partial charge is 0.466 e. The van der Waals surface area contributed by atoms with Crippen molar-refractivity contribution in [2.24, 2.45) is 0 Å². The average molecular weight is 287 g/mol. The van der Waals surface area contributed by atoms with Crippen LogP contribution in [0, 0.1) is 13.8 Å². The Morgan fingerprint density at radius 1 is 1.35 bits per heavy atom. The maximum absolute atomic E-state index is 5.61.